The number of rotatable bonds is 1. The summed E-state index contributed by atoms with van der Waals surface area (Å²) in [5.74, 6) is -0.302. The molecule has 1 aliphatic heterocycles. The summed E-state index contributed by atoms with van der Waals surface area (Å²) in [6.07, 6.45) is 0. The first-order valence-electron chi connectivity index (χ1n) is 4.46. The first kappa shape index (κ1) is 8.94. The number of hydrogen-bond donors (Lipinski definition) is 0. The van der Waals surface area contributed by atoms with Gasteiger partial charge in [0.2, 0.25) is 0 Å². The molecule has 1 aromatic carbocycles. The molecule has 72 valence electrons. The van der Waals surface area contributed by atoms with E-state index in [4.69, 9.17) is 4.74 Å². The zero-order valence-corrected chi connectivity index (χ0v) is 7.82. The van der Waals surface area contributed by atoms with Crippen molar-refractivity contribution in [3.63, 3.8) is 0 Å². The van der Waals surface area contributed by atoms with Crippen molar-refractivity contribution in [2.45, 2.75) is 6.92 Å². The van der Waals surface area contributed by atoms with E-state index in [2.05, 4.69) is 0 Å². The fraction of sp³-hybridized carbons (Fsp3) is 0.273. The lowest BCUT2D eigenvalue weighted by Crippen LogP contribution is -2.32. The highest BCUT2D eigenvalue weighted by molar-refractivity contribution is 6.12. The summed E-state index contributed by atoms with van der Waals surface area (Å²) in [6, 6.07) is 7.00. The summed E-state index contributed by atoms with van der Waals surface area (Å²) in [7, 11) is 0. The van der Waals surface area contributed by atoms with Crippen LogP contribution in [0.1, 0.15) is 17.3 Å². The average Bonchev–Trinajstić information content (AvgIpc) is 2.18. The Balaban J connectivity index is 2.41. The van der Waals surface area contributed by atoms with Gasteiger partial charge < -0.3 is 4.74 Å². The van der Waals surface area contributed by atoms with Crippen LogP contribution in [0.15, 0.2) is 24.3 Å². The van der Waals surface area contributed by atoms with Crippen LogP contribution in [0.3, 0.4) is 0 Å². The lowest BCUT2D eigenvalue weighted by atomic mass is 9.92. The second kappa shape index (κ2) is 3.25. The summed E-state index contributed by atoms with van der Waals surface area (Å²) >= 11 is 0. The fourth-order valence-corrected chi connectivity index (χ4v) is 1.53. The van der Waals surface area contributed by atoms with Crippen LogP contribution < -0.4 is 4.74 Å². The second-order valence-electron chi connectivity index (χ2n) is 3.33. The first-order valence-corrected chi connectivity index (χ1v) is 4.46. The molecular weight excluding hydrogens is 180 g/mol. The van der Waals surface area contributed by atoms with Gasteiger partial charge in [0.05, 0.1) is 5.56 Å². The van der Waals surface area contributed by atoms with Gasteiger partial charge in [-0.15, -0.1) is 0 Å². The molecule has 1 unspecified atom stereocenters. The third-order valence-corrected chi connectivity index (χ3v) is 2.37. The van der Waals surface area contributed by atoms with Gasteiger partial charge in [-0.05, 0) is 19.1 Å². The Kier molecular flexibility index (Phi) is 2.08. The van der Waals surface area contributed by atoms with Crippen LogP contribution in [0, 0.1) is 5.92 Å². The molecule has 1 atom stereocenters. The quantitative estimate of drug-likeness (QED) is 0.630. The van der Waals surface area contributed by atoms with Crippen molar-refractivity contribution in [2.24, 2.45) is 5.92 Å². The molecule has 1 heterocycles. The van der Waals surface area contributed by atoms with Crippen molar-refractivity contribution >= 4 is 11.6 Å². The Morgan fingerprint density at radius 3 is 2.86 bits per heavy atom. The van der Waals surface area contributed by atoms with Crippen molar-refractivity contribution in [2.75, 3.05) is 6.61 Å². The van der Waals surface area contributed by atoms with Gasteiger partial charge in [-0.2, -0.15) is 0 Å². The van der Waals surface area contributed by atoms with Gasteiger partial charge in [0.25, 0.3) is 0 Å². The van der Waals surface area contributed by atoms with Crippen molar-refractivity contribution in [3.05, 3.63) is 29.8 Å². The van der Waals surface area contributed by atoms with Gasteiger partial charge >= 0.3 is 0 Å². The molecule has 2 rings (SSSR count). The third-order valence-electron chi connectivity index (χ3n) is 2.37. The maximum absolute atomic E-state index is 11.8. The van der Waals surface area contributed by atoms with E-state index in [1.54, 1.807) is 24.3 Å². The predicted octanol–water partition coefficient (Wildman–Crippen LogP) is 1.47. The smallest absolute Gasteiger partial charge is 0.180 e. The van der Waals surface area contributed by atoms with E-state index in [-0.39, 0.29) is 18.2 Å². The molecule has 0 spiro atoms. The molecule has 0 saturated heterocycles. The van der Waals surface area contributed by atoms with E-state index < -0.39 is 5.92 Å². The number of hydrogen-bond acceptors (Lipinski definition) is 3. The lowest BCUT2D eigenvalue weighted by Gasteiger charge is -2.21. The van der Waals surface area contributed by atoms with E-state index in [0.29, 0.717) is 11.3 Å². The number of para-hydroxylation sites is 1. The van der Waals surface area contributed by atoms with Gasteiger partial charge in [-0.1, -0.05) is 12.1 Å². The van der Waals surface area contributed by atoms with Crippen LogP contribution in [-0.4, -0.2) is 18.2 Å². The third kappa shape index (κ3) is 1.31. The Hall–Kier alpha value is -1.64. The highest BCUT2D eigenvalue weighted by Crippen LogP contribution is 2.26. The number of fused-ring (bicyclic) bond motifs is 1. The van der Waals surface area contributed by atoms with E-state index in [1.165, 1.54) is 6.92 Å². The maximum atomic E-state index is 11.8. The molecule has 0 radical (unpaired) electrons. The van der Waals surface area contributed by atoms with Gasteiger partial charge in [0, 0.05) is 0 Å². The standard InChI is InChI=1S/C11H10O3/c1-7(12)9-6-14-10-5-3-2-4-8(10)11(9)13/h2-5,9H,6H2,1H3. The molecule has 0 bridgehead atoms. The average molecular weight is 190 g/mol. The summed E-state index contributed by atoms with van der Waals surface area (Å²) in [4.78, 5) is 22.9. The number of carbonyl (C=O) groups excluding carboxylic acids is 2. The number of carbonyl (C=O) groups is 2. The zero-order chi connectivity index (χ0) is 10.1. The molecule has 3 heteroatoms. The van der Waals surface area contributed by atoms with E-state index in [9.17, 15) is 9.59 Å². The predicted molar refractivity (Wildman–Crippen MR) is 50.4 cm³/mol. The molecule has 0 amide bonds. The van der Waals surface area contributed by atoms with Crippen molar-refractivity contribution in [3.8, 4) is 5.75 Å². The normalized spacial score (nSPS) is 19.8. The van der Waals surface area contributed by atoms with E-state index in [1.807, 2.05) is 0 Å². The summed E-state index contributed by atoms with van der Waals surface area (Å²) in [5.41, 5.74) is 0.513. The van der Waals surface area contributed by atoms with Gasteiger partial charge in [0.1, 0.15) is 24.1 Å². The molecule has 0 aliphatic carbocycles. The van der Waals surface area contributed by atoms with Gasteiger partial charge in [-0.3, -0.25) is 9.59 Å². The summed E-state index contributed by atoms with van der Waals surface area (Å²) in [6.45, 7) is 1.59. The second-order valence-corrected chi connectivity index (χ2v) is 3.33. The van der Waals surface area contributed by atoms with Crippen LogP contribution in [0.2, 0.25) is 0 Å². The molecule has 0 saturated carbocycles. The van der Waals surface area contributed by atoms with Crippen LogP contribution in [-0.2, 0) is 4.79 Å². The summed E-state index contributed by atoms with van der Waals surface area (Å²) in [5, 5.41) is 0. The van der Waals surface area contributed by atoms with Crippen LogP contribution >= 0.6 is 0 Å². The molecule has 0 fully saturated rings. The Labute approximate surface area is 81.7 Å². The van der Waals surface area contributed by atoms with E-state index in [0.717, 1.165) is 0 Å². The Morgan fingerprint density at radius 1 is 1.43 bits per heavy atom. The minimum Gasteiger partial charge on any atom is -0.492 e. The first-order chi connectivity index (χ1) is 6.70. The SMILES string of the molecule is CC(=O)C1COc2ccccc2C1=O. The monoisotopic (exact) mass is 190 g/mol. The van der Waals surface area contributed by atoms with Gasteiger partial charge in [-0.25, -0.2) is 0 Å². The molecule has 1 aliphatic rings. The van der Waals surface area contributed by atoms with Crippen LogP contribution in [0.4, 0.5) is 0 Å². The Morgan fingerprint density at radius 2 is 2.14 bits per heavy atom. The number of ketones is 2. The molecule has 3 nitrogen and oxygen atoms in total. The van der Waals surface area contributed by atoms with Crippen LogP contribution in [0.5, 0.6) is 5.75 Å². The molecule has 0 aromatic heterocycles. The van der Waals surface area contributed by atoms with Gasteiger partial charge in [0.15, 0.2) is 5.78 Å². The van der Waals surface area contributed by atoms with Crippen LogP contribution in [0.25, 0.3) is 0 Å². The topological polar surface area (TPSA) is 43.4 Å². The largest absolute Gasteiger partial charge is 0.492 e. The Bertz CT molecular complexity index is 395. The number of benzene rings is 1. The lowest BCUT2D eigenvalue weighted by molar-refractivity contribution is -0.120. The molecular formula is C11H10O3. The van der Waals surface area contributed by atoms with Crippen molar-refractivity contribution in [1.29, 1.82) is 0 Å². The van der Waals surface area contributed by atoms with Crippen molar-refractivity contribution in [1.82, 2.24) is 0 Å². The highest BCUT2D eigenvalue weighted by atomic mass is 16.5. The maximum Gasteiger partial charge on any atom is 0.180 e. The zero-order valence-electron chi connectivity index (χ0n) is 7.82. The van der Waals surface area contributed by atoms with Crippen molar-refractivity contribution < 1.29 is 14.3 Å². The van der Waals surface area contributed by atoms with E-state index >= 15 is 0 Å². The summed E-state index contributed by atoms with van der Waals surface area (Å²) < 4.78 is 5.33. The number of Topliss-reactive ketones (excluding diaryl/α,β-unsaturated/α-hetero) is 2. The number of ether oxygens (including phenoxy) is 1. The minimum absolute atomic E-state index is 0.126. The molecule has 0 N–H and O–H groups in total. The molecule has 1 aromatic rings. The minimum atomic E-state index is -0.620. The fourth-order valence-electron chi connectivity index (χ4n) is 1.53. The highest BCUT2D eigenvalue weighted by Gasteiger charge is 2.31. The molecule has 14 heavy (non-hydrogen) atoms.